The summed E-state index contributed by atoms with van der Waals surface area (Å²) < 4.78 is 1.77. The molecule has 16 heavy (non-hydrogen) atoms. The molecule has 0 aromatic carbocycles. The highest BCUT2D eigenvalue weighted by Crippen LogP contribution is 2.22. The first-order valence-electron chi connectivity index (χ1n) is 5.44. The molecule has 2 heterocycles. The number of hydrazine groups is 1. The van der Waals surface area contributed by atoms with Crippen molar-refractivity contribution >= 4 is 11.6 Å². The van der Waals surface area contributed by atoms with Gasteiger partial charge in [0, 0.05) is 26.3 Å². The van der Waals surface area contributed by atoms with Gasteiger partial charge in [-0.1, -0.05) is 0 Å². The number of anilines is 1. The standard InChI is InChI=1S/C10H17N5O/c1-14-7-9(5-12-14)15-4-2-3-8(6-15)10(16)13-11/h5,7-8H,2-4,6,11H2,1H3,(H,13,16). The molecule has 0 radical (unpaired) electrons. The summed E-state index contributed by atoms with van der Waals surface area (Å²) >= 11 is 0. The molecule has 3 N–H and O–H groups in total. The molecule has 6 nitrogen and oxygen atoms in total. The lowest BCUT2D eigenvalue weighted by Gasteiger charge is -2.32. The summed E-state index contributed by atoms with van der Waals surface area (Å²) in [6.45, 7) is 1.69. The third-order valence-corrected chi connectivity index (χ3v) is 2.99. The lowest BCUT2D eigenvalue weighted by atomic mass is 9.97. The fourth-order valence-electron chi connectivity index (χ4n) is 2.12. The number of aromatic nitrogens is 2. The van der Waals surface area contributed by atoms with Gasteiger partial charge in [-0.15, -0.1) is 0 Å². The minimum Gasteiger partial charge on any atom is -0.368 e. The number of nitrogens with two attached hydrogens (primary N) is 1. The molecule has 1 aromatic heterocycles. The molecule has 88 valence electrons. The van der Waals surface area contributed by atoms with Gasteiger partial charge in [0.05, 0.1) is 17.8 Å². The zero-order valence-electron chi connectivity index (χ0n) is 9.39. The molecule has 6 heteroatoms. The maximum absolute atomic E-state index is 11.5. The molecule has 1 amide bonds. The number of hydrogen-bond donors (Lipinski definition) is 2. The van der Waals surface area contributed by atoms with Gasteiger partial charge in [-0.3, -0.25) is 14.9 Å². The predicted molar refractivity (Wildman–Crippen MR) is 60.5 cm³/mol. The Labute approximate surface area is 94.4 Å². The van der Waals surface area contributed by atoms with Gasteiger partial charge in [0.25, 0.3) is 0 Å². The van der Waals surface area contributed by atoms with Gasteiger partial charge in [0.2, 0.25) is 5.91 Å². The number of nitrogens with zero attached hydrogens (tertiary/aromatic N) is 3. The Balaban J connectivity index is 2.04. The van der Waals surface area contributed by atoms with Gasteiger partial charge in [0.15, 0.2) is 0 Å². The largest absolute Gasteiger partial charge is 0.368 e. The molecule has 0 bridgehead atoms. The number of rotatable bonds is 2. The van der Waals surface area contributed by atoms with Crippen molar-refractivity contribution in [2.45, 2.75) is 12.8 Å². The highest BCUT2D eigenvalue weighted by atomic mass is 16.2. The predicted octanol–water partition coefficient (Wildman–Crippen LogP) is -0.374. The van der Waals surface area contributed by atoms with Crippen LogP contribution in [0.1, 0.15) is 12.8 Å². The van der Waals surface area contributed by atoms with E-state index in [1.807, 2.05) is 19.4 Å². The van der Waals surface area contributed by atoms with E-state index in [1.165, 1.54) is 0 Å². The summed E-state index contributed by atoms with van der Waals surface area (Å²) in [5.74, 6) is 5.07. The first kappa shape index (κ1) is 10.9. The lowest BCUT2D eigenvalue weighted by molar-refractivity contribution is -0.125. The van der Waals surface area contributed by atoms with E-state index in [2.05, 4.69) is 15.4 Å². The van der Waals surface area contributed by atoms with Gasteiger partial charge in [-0.25, -0.2) is 5.84 Å². The van der Waals surface area contributed by atoms with Crippen LogP contribution in [-0.2, 0) is 11.8 Å². The third kappa shape index (κ3) is 2.16. The molecule has 1 aliphatic heterocycles. The van der Waals surface area contributed by atoms with Crippen molar-refractivity contribution < 1.29 is 4.79 Å². The highest BCUT2D eigenvalue weighted by molar-refractivity contribution is 5.78. The zero-order valence-corrected chi connectivity index (χ0v) is 9.39. The van der Waals surface area contributed by atoms with Gasteiger partial charge in [-0.05, 0) is 12.8 Å². The normalized spacial score (nSPS) is 20.9. The number of aryl methyl sites for hydroxylation is 1. The van der Waals surface area contributed by atoms with Crippen LogP contribution in [0.4, 0.5) is 5.69 Å². The Bertz CT molecular complexity index is 375. The van der Waals surface area contributed by atoms with Crippen LogP contribution >= 0.6 is 0 Å². The van der Waals surface area contributed by atoms with Crippen LogP contribution in [0.2, 0.25) is 0 Å². The molecule has 0 spiro atoms. The fraction of sp³-hybridized carbons (Fsp3) is 0.600. The molecule has 1 saturated heterocycles. The average molecular weight is 223 g/mol. The minimum absolute atomic E-state index is 0.0149. The summed E-state index contributed by atoms with van der Waals surface area (Å²) in [5, 5.41) is 4.13. The van der Waals surface area contributed by atoms with Crippen molar-refractivity contribution in [3.05, 3.63) is 12.4 Å². The summed E-state index contributed by atoms with van der Waals surface area (Å²) in [4.78, 5) is 13.6. The maximum atomic E-state index is 11.5. The zero-order chi connectivity index (χ0) is 11.5. The molecule has 1 fully saturated rings. The molecule has 1 aliphatic rings. The molecule has 2 rings (SSSR count). The summed E-state index contributed by atoms with van der Waals surface area (Å²) in [5.41, 5.74) is 3.29. The highest BCUT2D eigenvalue weighted by Gasteiger charge is 2.25. The number of amides is 1. The van der Waals surface area contributed by atoms with Crippen LogP contribution in [-0.4, -0.2) is 28.8 Å². The maximum Gasteiger partial charge on any atom is 0.238 e. The van der Waals surface area contributed by atoms with E-state index in [-0.39, 0.29) is 11.8 Å². The second-order valence-electron chi connectivity index (χ2n) is 4.17. The number of carbonyl (C=O) groups excluding carboxylic acids is 1. The van der Waals surface area contributed by atoms with Crippen molar-refractivity contribution in [2.75, 3.05) is 18.0 Å². The second kappa shape index (κ2) is 4.52. The van der Waals surface area contributed by atoms with E-state index < -0.39 is 0 Å². The first-order chi connectivity index (χ1) is 7.70. The SMILES string of the molecule is Cn1cc(N2CCCC(C(=O)NN)C2)cn1. The Morgan fingerprint density at radius 2 is 2.50 bits per heavy atom. The number of piperidine rings is 1. The number of nitrogens with one attached hydrogen (secondary N) is 1. The van der Waals surface area contributed by atoms with Gasteiger partial charge in [-0.2, -0.15) is 5.10 Å². The van der Waals surface area contributed by atoms with Crippen LogP contribution in [0, 0.1) is 5.92 Å². The third-order valence-electron chi connectivity index (χ3n) is 2.99. The lowest BCUT2D eigenvalue weighted by Crippen LogP contribution is -2.45. The Morgan fingerprint density at radius 3 is 3.12 bits per heavy atom. The Hall–Kier alpha value is -1.56. The van der Waals surface area contributed by atoms with E-state index in [0.29, 0.717) is 6.54 Å². The van der Waals surface area contributed by atoms with Crippen LogP contribution < -0.4 is 16.2 Å². The molecule has 1 unspecified atom stereocenters. The van der Waals surface area contributed by atoms with E-state index in [9.17, 15) is 4.79 Å². The van der Waals surface area contributed by atoms with E-state index in [1.54, 1.807) is 4.68 Å². The smallest absolute Gasteiger partial charge is 0.238 e. The molecule has 0 aliphatic carbocycles. The molecular formula is C10H17N5O. The number of hydrogen-bond acceptors (Lipinski definition) is 4. The monoisotopic (exact) mass is 223 g/mol. The summed E-state index contributed by atoms with van der Waals surface area (Å²) in [6.07, 6.45) is 5.69. The summed E-state index contributed by atoms with van der Waals surface area (Å²) in [6, 6.07) is 0. The van der Waals surface area contributed by atoms with E-state index in [4.69, 9.17) is 5.84 Å². The quantitative estimate of drug-likeness (QED) is 0.407. The molecule has 0 saturated carbocycles. The summed E-state index contributed by atoms with van der Waals surface area (Å²) in [7, 11) is 1.89. The van der Waals surface area contributed by atoms with Crippen molar-refractivity contribution in [2.24, 2.45) is 18.8 Å². The Kier molecular flexibility index (Phi) is 3.09. The van der Waals surface area contributed by atoms with Crippen LogP contribution in [0.25, 0.3) is 0 Å². The van der Waals surface area contributed by atoms with Crippen molar-refractivity contribution in [3.8, 4) is 0 Å². The second-order valence-corrected chi connectivity index (χ2v) is 4.17. The Morgan fingerprint density at radius 1 is 1.69 bits per heavy atom. The van der Waals surface area contributed by atoms with Gasteiger partial charge in [0.1, 0.15) is 0 Å². The van der Waals surface area contributed by atoms with Gasteiger partial charge >= 0.3 is 0 Å². The van der Waals surface area contributed by atoms with Crippen molar-refractivity contribution in [1.82, 2.24) is 15.2 Å². The van der Waals surface area contributed by atoms with Crippen molar-refractivity contribution in [3.63, 3.8) is 0 Å². The first-order valence-corrected chi connectivity index (χ1v) is 5.44. The van der Waals surface area contributed by atoms with Crippen LogP contribution in [0.3, 0.4) is 0 Å². The van der Waals surface area contributed by atoms with Crippen LogP contribution in [0.5, 0.6) is 0 Å². The number of carbonyl (C=O) groups is 1. The van der Waals surface area contributed by atoms with E-state index in [0.717, 1.165) is 25.1 Å². The van der Waals surface area contributed by atoms with Crippen molar-refractivity contribution in [1.29, 1.82) is 0 Å². The molecular weight excluding hydrogens is 206 g/mol. The van der Waals surface area contributed by atoms with Gasteiger partial charge < -0.3 is 4.90 Å². The molecule has 1 aromatic rings. The topological polar surface area (TPSA) is 76.2 Å². The minimum atomic E-state index is -0.0754. The molecule has 1 atom stereocenters. The van der Waals surface area contributed by atoms with E-state index >= 15 is 0 Å². The fourth-order valence-corrected chi connectivity index (χ4v) is 2.12. The van der Waals surface area contributed by atoms with Crippen LogP contribution in [0.15, 0.2) is 12.4 Å². The average Bonchev–Trinajstić information content (AvgIpc) is 2.75.